The van der Waals surface area contributed by atoms with Crippen LogP contribution in [0.3, 0.4) is 0 Å². The molecule has 1 saturated heterocycles. The quantitative estimate of drug-likeness (QED) is 0.619. The Labute approximate surface area is 185 Å². The molecule has 0 spiro atoms. The van der Waals surface area contributed by atoms with Crippen LogP contribution < -0.4 is 0 Å². The number of nitrogens with one attached hydrogen (secondary N) is 1. The maximum Gasteiger partial charge on any atom is 0.311 e. The molecular weight excluding hydrogens is 384 g/mol. The van der Waals surface area contributed by atoms with Crippen molar-refractivity contribution in [2.45, 2.75) is 64.3 Å². The van der Waals surface area contributed by atoms with Crippen LogP contribution in [0.5, 0.6) is 0 Å². The molecule has 166 valence electrons. The van der Waals surface area contributed by atoms with Gasteiger partial charge < -0.3 is 10.1 Å². The van der Waals surface area contributed by atoms with Crippen LogP contribution in [-0.2, 0) is 11.2 Å². The van der Waals surface area contributed by atoms with Gasteiger partial charge in [-0.25, -0.2) is 0 Å². The van der Waals surface area contributed by atoms with Crippen molar-refractivity contribution in [3.8, 4) is 0 Å². The van der Waals surface area contributed by atoms with Crippen molar-refractivity contribution in [3.63, 3.8) is 0 Å². The minimum atomic E-state index is -0.665. The number of piperidine rings is 1. The smallest absolute Gasteiger partial charge is 0.311 e. The van der Waals surface area contributed by atoms with Gasteiger partial charge in [-0.3, -0.25) is 9.69 Å². The fourth-order valence-corrected chi connectivity index (χ4v) is 7.23. The number of hydrogen-bond donors (Lipinski definition) is 2. The number of aliphatic carboxylic acids is 1. The number of carbonyl (C=O) groups is 1. The summed E-state index contributed by atoms with van der Waals surface area (Å²) in [6.45, 7) is 10.0. The molecule has 1 aromatic heterocycles. The van der Waals surface area contributed by atoms with Crippen LogP contribution in [0.25, 0.3) is 10.9 Å². The molecule has 2 aliphatic carbocycles. The number of benzene rings is 1. The summed E-state index contributed by atoms with van der Waals surface area (Å²) in [5.74, 6) is 1.38. The van der Waals surface area contributed by atoms with Crippen LogP contribution in [0.2, 0.25) is 0 Å². The van der Waals surface area contributed by atoms with E-state index in [1.165, 1.54) is 34.9 Å². The minimum absolute atomic E-state index is 0.264. The predicted octanol–water partition coefficient (Wildman–Crippen LogP) is 5.60. The molecule has 1 aliphatic heterocycles. The lowest BCUT2D eigenvalue weighted by Gasteiger charge is -2.54. The van der Waals surface area contributed by atoms with E-state index in [0.29, 0.717) is 18.5 Å². The zero-order chi connectivity index (χ0) is 21.8. The maximum absolute atomic E-state index is 13.0. The highest BCUT2D eigenvalue weighted by molar-refractivity contribution is 5.88. The second kappa shape index (κ2) is 7.81. The van der Waals surface area contributed by atoms with E-state index in [4.69, 9.17) is 0 Å². The zero-order valence-electron chi connectivity index (χ0n) is 18.9. The Morgan fingerprint density at radius 2 is 2.10 bits per heavy atom. The molecule has 5 rings (SSSR count). The van der Waals surface area contributed by atoms with Gasteiger partial charge in [0.25, 0.3) is 0 Å². The standard InChI is InChI=1S/C27H36N2O2/c1-4-12-29-16-27(26(30)31,20-10-8-18(9-11-20)17(2)3)14-22-21-6-5-7-23-25(21)19(15-28-23)13-24(22)29/h4-7,15,17-18,20,22,24,28H,1,8-14,16H2,2-3H3,(H,30,31)/t18?,20?,22-,24-,27?/m1/s1. The van der Waals surface area contributed by atoms with Crippen molar-refractivity contribution in [2.24, 2.45) is 23.2 Å². The third-order valence-corrected chi connectivity index (χ3v) is 8.94. The van der Waals surface area contributed by atoms with E-state index in [9.17, 15) is 9.90 Å². The highest BCUT2D eigenvalue weighted by Crippen LogP contribution is 2.54. The Hall–Kier alpha value is -2.07. The Morgan fingerprint density at radius 3 is 2.77 bits per heavy atom. The Bertz CT molecular complexity index is 984. The summed E-state index contributed by atoms with van der Waals surface area (Å²) in [5, 5.41) is 12.0. The number of aromatic nitrogens is 1. The molecule has 0 radical (unpaired) electrons. The molecule has 2 fully saturated rings. The van der Waals surface area contributed by atoms with Crippen LogP contribution in [0.1, 0.15) is 63.0 Å². The zero-order valence-corrected chi connectivity index (χ0v) is 18.9. The van der Waals surface area contributed by atoms with Gasteiger partial charge in [-0.15, -0.1) is 6.58 Å². The first-order valence-corrected chi connectivity index (χ1v) is 12.1. The number of hydrogen-bond acceptors (Lipinski definition) is 2. The number of rotatable bonds is 5. The molecule has 1 saturated carbocycles. The summed E-state index contributed by atoms with van der Waals surface area (Å²) in [7, 11) is 0. The molecule has 2 heterocycles. The van der Waals surface area contributed by atoms with Gasteiger partial charge in [0, 0.05) is 42.1 Å². The average molecular weight is 421 g/mol. The summed E-state index contributed by atoms with van der Waals surface area (Å²) in [6, 6.07) is 6.87. The summed E-state index contributed by atoms with van der Waals surface area (Å²) in [4.78, 5) is 18.9. The lowest BCUT2D eigenvalue weighted by atomic mass is 9.58. The molecule has 0 amide bonds. The predicted molar refractivity (Wildman–Crippen MR) is 125 cm³/mol. The normalized spacial score (nSPS) is 33.4. The second-order valence-corrected chi connectivity index (χ2v) is 10.7. The lowest BCUT2D eigenvalue weighted by molar-refractivity contribution is -0.161. The van der Waals surface area contributed by atoms with Crippen LogP contribution in [0.15, 0.2) is 37.1 Å². The van der Waals surface area contributed by atoms with Crippen LogP contribution >= 0.6 is 0 Å². The first-order valence-electron chi connectivity index (χ1n) is 12.1. The number of nitrogens with zero attached hydrogens (tertiary/aromatic N) is 1. The van der Waals surface area contributed by atoms with E-state index in [0.717, 1.165) is 38.1 Å². The van der Waals surface area contributed by atoms with Crippen molar-refractivity contribution >= 4 is 16.9 Å². The second-order valence-electron chi connectivity index (χ2n) is 10.7. The lowest BCUT2D eigenvalue weighted by Crippen LogP contribution is -2.59. The van der Waals surface area contributed by atoms with Crippen LogP contribution in [0.4, 0.5) is 0 Å². The van der Waals surface area contributed by atoms with Crippen molar-refractivity contribution in [3.05, 3.63) is 48.2 Å². The molecule has 0 bridgehead atoms. The first kappa shape index (κ1) is 20.8. The van der Waals surface area contributed by atoms with E-state index >= 15 is 0 Å². The fraction of sp³-hybridized carbons (Fsp3) is 0.593. The van der Waals surface area contributed by atoms with Crippen molar-refractivity contribution < 1.29 is 9.90 Å². The number of carboxylic acid groups (broad SMARTS) is 1. The number of carboxylic acids is 1. The SMILES string of the molecule is C=CCN1CC(C(=O)O)(C2CCC(C(C)C)CC2)C[C@@H]2c3cccc4[nH]cc(c34)C[C@H]21. The third-order valence-electron chi connectivity index (χ3n) is 8.94. The number of fused-ring (bicyclic) bond motifs is 2. The van der Waals surface area contributed by atoms with Gasteiger partial charge in [-0.05, 0) is 73.5 Å². The van der Waals surface area contributed by atoms with E-state index in [2.05, 4.69) is 54.7 Å². The summed E-state index contributed by atoms with van der Waals surface area (Å²) >= 11 is 0. The van der Waals surface area contributed by atoms with Crippen molar-refractivity contribution in [2.75, 3.05) is 13.1 Å². The molecule has 2 aromatic rings. The highest BCUT2D eigenvalue weighted by Gasteiger charge is 2.55. The first-order chi connectivity index (χ1) is 14.9. The summed E-state index contributed by atoms with van der Waals surface area (Å²) < 4.78 is 0. The Kier molecular flexibility index (Phi) is 5.24. The van der Waals surface area contributed by atoms with Crippen LogP contribution in [0, 0.1) is 23.2 Å². The maximum atomic E-state index is 13.0. The number of aromatic amines is 1. The Morgan fingerprint density at radius 1 is 1.32 bits per heavy atom. The largest absolute Gasteiger partial charge is 0.481 e. The number of H-pyrrole nitrogens is 1. The molecule has 3 aliphatic rings. The molecule has 4 heteroatoms. The van der Waals surface area contributed by atoms with Gasteiger partial charge in [0.05, 0.1) is 5.41 Å². The topological polar surface area (TPSA) is 56.3 Å². The number of likely N-dealkylation sites (tertiary alicyclic amines) is 1. The van der Waals surface area contributed by atoms with E-state index in [1.54, 1.807) is 0 Å². The van der Waals surface area contributed by atoms with E-state index < -0.39 is 11.4 Å². The molecule has 3 atom stereocenters. The van der Waals surface area contributed by atoms with Crippen molar-refractivity contribution in [1.82, 2.24) is 9.88 Å². The molecule has 31 heavy (non-hydrogen) atoms. The molecular formula is C27H36N2O2. The average Bonchev–Trinajstić information content (AvgIpc) is 3.18. The summed E-state index contributed by atoms with van der Waals surface area (Å²) in [5.41, 5.74) is 3.24. The monoisotopic (exact) mass is 420 g/mol. The van der Waals surface area contributed by atoms with E-state index in [1.807, 2.05) is 6.08 Å². The van der Waals surface area contributed by atoms with Gasteiger partial charge >= 0.3 is 5.97 Å². The molecule has 1 aromatic carbocycles. The van der Waals surface area contributed by atoms with Gasteiger partial charge in [0.15, 0.2) is 0 Å². The Balaban J connectivity index is 1.54. The third kappa shape index (κ3) is 3.26. The highest BCUT2D eigenvalue weighted by atomic mass is 16.4. The van der Waals surface area contributed by atoms with E-state index in [-0.39, 0.29) is 11.8 Å². The minimum Gasteiger partial charge on any atom is -0.481 e. The molecule has 4 nitrogen and oxygen atoms in total. The summed E-state index contributed by atoms with van der Waals surface area (Å²) in [6.07, 6.45) is 10.3. The van der Waals surface area contributed by atoms with Crippen molar-refractivity contribution in [1.29, 1.82) is 0 Å². The van der Waals surface area contributed by atoms with Gasteiger partial charge in [0.2, 0.25) is 0 Å². The molecule has 1 unspecified atom stereocenters. The van der Waals surface area contributed by atoms with Gasteiger partial charge in [0.1, 0.15) is 0 Å². The molecule has 2 N–H and O–H groups in total. The van der Waals surface area contributed by atoms with Crippen LogP contribution in [-0.4, -0.2) is 40.1 Å². The van der Waals surface area contributed by atoms with Gasteiger partial charge in [-0.1, -0.05) is 32.1 Å². The van der Waals surface area contributed by atoms with Gasteiger partial charge in [-0.2, -0.15) is 0 Å². The fourth-order valence-electron chi connectivity index (χ4n) is 7.23.